The summed E-state index contributed by atoms with van der Waals surface area (Å²) in [6.45, 7) is 0.953. The minimum atomic E-state index is -0.955. The molecule has 1 fully saturated rings. The van der Waals surface area contributed by atoms with Crippen molar-refractivity contribution in [3.8, 4) is 0 Å². The Kier molecular flexibility index (Phi) is 4.52. The van der Waals surface area contributed by atoms with Crippen LogP contribution in [0.5, 0.6) is 0 Å². The summed E-state index contributed by atoms with van der Waals surface area (Å²) in [6, 6.07) is 22.8. The van der Waals surface area contributed by atoms with E-state index >= 15 is 0 Å². The first-order valence-corrected chi connectivity index (χ1v) is 11.4. The van der Waals surface area contributed by atoms with E-state index in [4.69, 9.17) is 11.6 Å². The van der Waals surface area contributed by atoms with Crippen molar-refractivity contribution in [2.45, 2.75) is 18.5 Å². The van der Waals surface area contributed by atoms with Gasteiger partial charge in [-0.05, 0) is 30.3 Å². The van der Waals surface area contributed by atoms with Crippen molar-refractivity contribution in [2.24, 2.45) is 0 Å². The Morgan fingerprint density at radius 2 is 1.76 bits per heavy atom. The van der Waals surface area contributed by atoms with Gasteiger partial charge in [0.1, 0.15) is 5.82 Å². The molecule has 3 aromatic carbocycles. The summed E-state index contributed by atoms with van der Waals surface area (Å²) in [7, 11) is 0. The number of aromatic amines is 1. The minimum Gasteiger partial charge on any atom is -0.342 e. The first kappa shape index (κ1) is 20.0. The van der Waals surface area contributed by atoms with Crippen LogP contribution in [0.1, 0.15) is 33.7 Å². The molecule has 164 valence electrons. The Labute approximate surface area is 195 Å². The van der Waals surface area contributed by atoms with Gasteiger partial charge in [-0.3, -0.25) is 9.59 Å². The normalized spacial score (nSPS) is 19.2. The lowest BCUT2D eigenvalue weighted by atomic mass is 9.89. The van der Waals surface area contributed by atoms with E-state index in [-0.39, 0.29) is 11.8 Å². The van der Waals surface area contributed by atoms with Gasteiger partial charge in [-0.1, -0.05) is 54.1 Å². The van der Waals surface area contributed by atoms with Crippen LogP contribution in [0.4, 0.5) is 0 Å². The molecule has 1 atom stereocenters. The molecular weight excluding hydrogens is 436 g/mol. The summed E-state index contributed by atoms with van der Waals surface area (Å²) >= 11 is 6.17. The van der Waals surface area contributed by atoms with Crippen molar-refractivity contribution in [3.63, 3.8) is 0 Å². The Bertz CT molecular complexity index is 1360. The average Bonchev–Trinajstić information content (AvgIpc) is 3.50. The summed E-state index contributed by atoms with van der Waals surface area (Å²) in [5, 5.41) is 0.611. The fraction of sp³-hybridized carbons (Fsp3) is 0.192. The van der Waals surface area contributed by atoms with Crippen molar-refractivity contribution in [1.29, 1.82) is 0 Å². The maximum atomic E-state index is 13.7. The molecule has 33 heavy (non-hydrogen) atoms. The molecule has 2 aliphatic heterocycles. The van der Waals surface area contributed by atoms with Gasteiger partial charge in [0.2, 0.25) is 5.91 Å². The number of imidazole rings is 1. The smallest absolute Gasteiger partial charge is 0.256 e. The predicted molar refractivity (Wildman–Crippen MR) is 126 cm³/mol. The van der Waals surface area contributed by atoms with E-state index in [2.05, 4.69) is 9.97 Å². The number of carbonyl (C=O) groups excluding carboxylic acids is 2. The van der Waals surface area contributed by atoms with Crippen molar-refractivity contribution >= 4 is 34.4 Å². The maximum absolute atomic E-state index is 13.7. The highest BCUT2D eigenvalue weighted by Gasteiger charge is 2.59. The molecule has 1 unspecified atom stereocenters. The molecule has 0 spiro atoms. The summed E-state index contributed by atoms with van der Waals surface area (Å²) < 4.78 is 0. The van der Waals surface area contributed by atoms with Crippen molar-refractivity contribution in [2.75, 3.05) is 13.1 Å². The molecule has 0 radical (unpaired) electrons. The van der Waals surface area contributed by atoms with E-state index < -0.39 is 5.66 Å². The Balaban J connectivity index is 1.38. The van der Waals surface area contributed by atoms with Gasteiger partial charge >= 0.3 is 0 Å². The fourth-order valence-corrected chi connectivity index (χ4v) is 5.39. The zero-order valence-corrected chi connectivity index (χ0v) is 18.5. The van der Waals surface area contributed by atoms with E-state index in [1.807, 2.05) is 82.6 Å². The van der Waals surface area contributed by atoms with Crippen LogP contribution in [0.2, 0.25) is 5.02 Å². The van der Waals surface area contributed by atoms with Gasteiger partial charge in [0.15, 0.2) is 5.66 Å². The number of para-hydroxylation sites is 2. The number of hydrogen-bond acceptors (Lipinski definition) is 3. The van der Waals surface area contributed by atoms with Crippen LogP contribution < -0.4 is 0 Å². The van der Waals surface area contributed by atoms with Gasteiger partial charge in [-0.25, -0.2) is 4.98 Å². The number of amides is 2. The van der Waals surface area contributed by atoms with E-state index in [9.17, 15) is 9.59 Å². The topological polar surface area (TPSA) is 69.3 Å². The number of aromatic nitrogens is 2. The SMILES string of the molecule is O=C(CCc1nc2ccccc2[nH]1)N1CCN2C(=O)c3ccccc3C12c1ccc(Cl)cc1. The van der Waals surface area contributed by atoms with Crippen LogP contribution in [0.15, 0.2) is 72.8 Å². The molecule has 0 aliphatic carbocycles. The predicted octanol–water partition coefficient (Wildman–Crippen LogP) is 4.35. The lowest BCUT2D eigenvalue weighted by Crippen LogP contribution is -2.51. The molecule has 2 amide bonds. The monoisotopic (exact) mass is 456 g/mol. The van der Waals surface area contributed by atoms with Crippen LogP contribution >= 0.6 is 11.6 Å². The zero-order valence-electron chi connectivity index (χ0n) is 17.8. The van der Waals surface area contributed by atoms with Gasteiger partial charge in [0, 0.05) is 47.6 Å². The van der Waals surface area contributed by atoms with E-state index in [0.29, 0.717) is 36.5 Å². The molecule has 6 rings (SSSR count). The molecule has 0 bridgehead atoms. The second kappa shape index (κ2) is 7.46. The van der Waals surface area contributed by atoms with Gasteiger partial charge in [-0.15, -0.1) is 0 Å². The number of H-pyrrole nitrogens is 1. The highest BCUT2D eigenvalue weighted by molar-refractivity contribution is 6.30. The molecule has 1 N–H and O–H groups in total. The Morgan fingerprint density at radius 3 is 2.58 bits per heavy atom. The maximum Gasteiger partial charge on any atom is 0.256 e. The molecule has 4 aromatic rings. The Hall–Kier alpha value is -3.64. The summed E-state index contributed by atoms with van der Waals surface area (Å²) in [6.07, 6.45) is 0.787. The number of rotatable bonds is 4. The van der Waals surface area contributed by atoms with E-state index in [1.165, 1.54) is 0 Å². The second-order valence-corrected chi connectivity index (χ2v) is 8.86. The number of hydrogen-bond donors (Lipinski definition) is 1. The van der Waals surface area contributed by atoms with E-state index in [1.54, 1.807) is 0 Å². The molecule has 3 heterocycles. The van der Waals surface area contributed by atoms with Crippen molar-refractivity contribution in [1.82, 2.24) is 19.8 Å². The highest BCUT2D eigenvalue weighted by atomic mass is 35.5. The number of carbonyl (C=O) groups is 2. The number of benzene rings is 3. The molecule has 1 saturated heterocycles. The third kappa shape index (κ3) is 2.91. The molecule has 2 aliphatic rings. The highest BCUT2D eigenvalue weighted by Crippen LogP contribution is 2.49. The zero-order chi connectivity index (χ0) is 22.6. The van der Waals surface area contributed by atoms with Crippen LogP contribution in [-0.4, -0.2) is 44.7 Å². The molecule has 7 heteroatoms. The van der Waals surface area contributed by atoms with Crippen LogP contribution in [-0.2, 0) is 16.9 Å². The summed E-state index contributed by atoms with van der Waals surface area (Å²) in [4.78, 5) is 38.5. The lowest BCUT2D eigenvalue weighted by molar-refractivity contribution is -0.136. The Morgan fingerprint density at radius 1 is 1.00 bits per heavy atom. The number of fused-ring (bicyclic) bond motifs is 4. The number of aryl methyl sites for hydroxylation is 1. The third-order valence-corrected chi connectivity index (χ3v) is 6.92. The van der Waals surface area contributed by atoms with Gasteiger partial charge in [0.25, 0.3) is 5.91 Å². The molecular formula is C26H21ClN4O2. The van der Waals surface area contributed by atoms with Crippen LogP contribution in [0.3, 0.4) is 0 Å². The minimum absolute atomic E-state index is 0.0163. The van der Waals surface area contributed by atoms with Gasteiger partial charge in [0.05, 0.1) is 11.0 Å². The van der Waals surface area contributed by atoms with Gasteiger partial charge < -0.3 is 14.8 Å². The number of nitrogens with zero attached hydrogens (tertiary/aromatic N) is 3. The largest absolute Gasteiger partial charge is 0.342 e. The van der Waals surface area contributed by atoms with Crippen LogP contribution in [0.25, 0.3) is 11.0 Å². The molecule has 6 nitrogen and oxygen atoms in total. The fourth-order valence-electron chi connectivity index (χ4n) is 5.27. The molecule has 1 aromatic heterocycles. The standard InChI is InChI=1S/C26H21ClN4O2/c27-18-11-9-17(10-12-18)26-20-6-2-1-5-19(20)25(33)31(26)16-15-30(26)24(32)14-13-23-28-21-7-3-4-8-22(21)29-23/h1-12H,13-16H2,(H,28,29). The lowest BCUT2D eigenvalue weighted by Gasteiger charge is -2.40. The van der Waals surface area contributed by atoms with E-state index in [0.717, 1.165) is 28.0 Å². The van der Waals surface area contributed by atoms with Gasteiger partial charge in [-0.2, -0.15) is 0 Å². The second-order valence-electron chi connectivity index (χ2n) is 8.43. The third-order valence-electron chi connectivity index (χ3n) is 6.67. The summed E-state index contributed by atoms with van der Waals surface area (Å²) in [5.41, 5.74) is 3.23. The quantitative estimate of drug-likeness (QED) is 0.496. The molecule has 0 saturated carbocycles. The number of nitrogens with one attached hydrogen (secondary N) is 1. The van der Waals surface area contributed by atoms with Crippen molar-refractivity contribution in [3.05, 3.63) is 100 Å². The van der Waals surface area contributed by atoms with Crippen LogP contribution in [0, 0.1) is 0 Å². The van der Waals surface area contributed by atoms with Crippen molar-refractivity contribution < 1.29 is 9.59 Å². The first-order chi connectivity index (χ1) is 16.1. The number of halogens is 1. The summed E-state index contributed by atoms with van der Waals surface area (Å²) in [5.74, 6) is 0.717. The first-order valence-electron chi connectivity index (χ1n) is 11.0. The average molecular weight is 457 g/mol.